The summed E-state index contributed by atoms with van der Waals surface area (Å²) >= 11 is 6.48. The van der Waals surface area contributed by atoms with E-state index in [4.69, 9.17) is 21.1 Å². The molecule has 0 radical (unpaired) electrons. The van der Waals surface area contributed by atoms with E-state index in [2.05, 4.69) is 39.5 Å². The number of aromatic amines is 1. The van der Waals surface area contributed by atoms with Crippen LogP contribution in [-0.4, -0.2) is 66.8 Å². The monoisotopic (exact) mass is 495 g/mol. The van der Waals surface area contributed by atoms with Gasteiger partial charge in [0, 0.05) is 54.2 Å². The Balaban J connectivity index is 1.53. The molecule has 9 heteroatoms. The van der Waals surface area contributed by atoms with Gasteiger partial charge < -0.3 is 30.0 Å². The molecular weight excluding hydrogens is 466 g/mol. The molecule has 0 aliphatic carbocycles. The zero-order chi connectivity index (χ0) is 24.4. The van der Waals surface area contributed by atoms with E-state index >= 15 is 0 Å². The largest absolute Gasteiger partial charge is 0.488 e. The van der Waals surface area contributed by atoms with E-state index in [1.165, 1.54) is 0 Å². The van der Waals surface area contributed by atoms with Crippen molar-refractivity contribution in [1.82, 2.24) is 20.2 Å². The Morgan fingerprint density at radius 3 is 3.06 bits per heavy atom. The number of nitrogens with zero attached hydrogens (tertiary/aromatic N) is 2. The van der Waals surface area contributed by atoms with E-state index in [-0.39, 0.29) is 12.0 Å². The number of hydrogen-bond donors (Lipinski definition) is 3. The van der Waals surface area contributed by atoms with E-state index in [0.29, 0.717) is 41.8 Å². The number of amides is 1. The number of hydrogen-bond acceptors (Lipinski definition) is 6. The van der Waals surface area contributed by atoms with Gasteiger partial charge in [-0.25, -0.2) is 0 Å². The summed E-state index contributed by atoms with van der Waals surface area (Å²) in [5.41, 5.74) is 5.70. The lowest BCUT2D eigenvalue weighted by atomic mass is 10.0. The number of morpholine rings is 1. The highest BCUT2D eigenvalue weighted by Gasteiger charge is 2.29. The summed E-state index contributed by atoms with van der Waals surface area (Å²) in [5, 5.41) is 7.18. The zero-order valence-electron chi connectivity index (χ0n) is 20.0. The van der Waals surface area contributed by atoms with Gasteiger partial charge in [0.15, 0.2) is 0 Å². The van der Waals surface area contributed by atoms with Crippen molar-refractivity contribution in [2.75, 3.05) is 45.2 Å². The molecule has 1 fully saturated rings. The van der Waals surface area contributed by atoms with Crippen LogP contribution in [0.4, 0.5) is 11.4 Å². The van der Waals surface area contributed by atoms with Crippen molar-refractivity contribution in [3.8, 4) is 17.0 Å². The SMILES string of the molecule is CCc1c(Cl)cccc1Nc1c(-c2ccncc2OCC2CN(C)CCO2)[nH]c2c1C(=O)NCC2. The third-order valence-corrected chi connectivity index (χ3v) is 6.87. The van der Waals surface area contributed by atoms with E-state index in [1.54, 1.807) is 12.4 Å². The summed E-state index contributed by atoms with van der Waals surface area (Å²) in [6, 6.07) is 7.67. The van der Waals surface area contributed by atoms with Crippen LogP contribution in [0.1, 0.15) is 28.5 Å². The van der Waals surface area contributed by atoms with Gasteiger partial charge in [-0.15, -0.1) is 0 Å². The lowest BCUT2D eigenvalue weighted by molar-refractivity contribution is -0.0403. The molecule has 4 heterocycles. The molecule has 1 saturated heterocycles. The van der Waals surface area contributed by atoms with Crippen LogP contribution in [0.15, 0.2) is 36.7 Å². The predicted octanol–water partition coefficient (Wildman–Crippen LogP) is 4.03. The molecule has 3 N–H and O–H groups in total. The van der Waals surface area contributed by atoms with Crippen molar-refractivity contribution in [2.24, 2.45) is 0 Å². The van der Waals surface area contributed by atoms with Gasteiger partial charge in [0.2, 0.25) is 0 Å². The van der Waals surface area contributed by atoms with Crippen molar-refractivity contribution >= 4 is 28.9 Å². The van der Waals surface area contributed by atoms with E-state index < -0.39 is 0 Å². The van der Waals surface area contributed by atoms with Crippen molar-refractivity contribution in [3.05, 3.63) is 58.5 Å². The highest BCUT2D eigenvalue weighted by molar-refractivity contribution is 6.31. The van der Waals surface area contributed by atoms with Gasteiger partial charge in [0.1, 0.15) is 18.5 Å². The fraction of sp³-hybridized carbons (Fsp3) is 0.385. The van der Waals surface area contributed by atoms with Crippen LogP contribution in [0, 0.1) is 0 Å². The van der Waals surface area contributed by atoms with Crippen LogP contribution in [0.3, 0.4) is 0 Å². The number of ether oxygens (including phenoxy) is 2. The number of anilines is 2. The van der Waals surface area contributed by atoms with Crippen molar-refractivity contribution < 1.29 is 14.3 Å². The predicted molar refractivity (Wildman–Crippen MR) is 137 cm³/mol. The molecule has 0 saturated carbocycles. The smallest absolute Gasteiger partial charge is 0.255 e. The molecule has 0 spiro atoms. The molecule has 1 aromatic carbocycles. The average Bonchev–Trinajstić information content (AvgIpc) is 3.22. The van der Waals surface area contributed by atoms with Crippen molar-refractivity contribution in [1.29, 1.82) is 0 Å². The molecule has 8 nitrogen and oxygen atoms in total. The van der Waals surface area contributed by atoms with Crippen LogP contribution in [0.2, 0.25) is 5.02 Å². The Bertz CT molecular complexity index is 1230. The van der Waals surface area contributed by atoms with Crippen LogP contribution in [-0.2, 0) is 17.6 Å². The van der Waals surface area contributed by atoms with Crippen LogP contribution in [0.25, 0.3) is 11.3 Å². The number of fused-ring (bicyclic) bond motifs is 1. The minimum atomic E-state index is -0.105. The van der Waals surface area contributed by atoms with Crippen molar-refractivity contribution in [3.63, 3.8) is 0 Å². The number of benzene rings is 1. The maximum Gasteiger partial charge on any atom is 0.255 e. The average molecular weight is 496 g/mol. The Kier molecular flexibility index (Phi) is 6.95. The fourth-order valence-electron chi connectivity index (χ4n) is 4.73. The highest BCUT2D eigenvalue weighted by atomic mass is 35.5. The molecule has 184 valence electrons. The first kappa shape index (κ1) is 23.7. The topological polar surface area (TPSA) is 91.5 Å². The summed E-state index contributed by atoms with van der Waals surface area (Å²) in [6.45, 7) is 5.50. The summed E-state index contributed by atoms with van der Waals surface area (Å²) < 4.78 is 12.1. The Hall–Kier alpha value is -3.07. The lowest BCUT2D eigenvalue weighted by Gasteiger charge is -2.30. The van der Waals surface area contributed by atoms with Gasteiger partial charge in [-0.1, -0.05) is 24.6 Å². The number of nitrogens with one attached hydrogen (secondary N) is 3. The van der Waals surface area contributed by atoms with Crippen molar-refractivity contribution in [2.45, 2.75) is 25.9 Å². The fourth-order valence-corrected chi connectivity index (χ4v) is 5.04. The van der Waals surface area contributed by atoms with E-state index in [1.807, 2.05) is 24.3 Å². The first-order valence-corrected chi connectivity index (χ1v) is 12.4. The minimum Gasteiger partial charge on any atom is -0.488 e. The van der Waals surface area contributed by atoms with Crippen LogP contribution >= 0.6 is 11.6 Å². The number of carbonyl (C=O) groups excluding carboxylic acids is 1. The van der Waals surface area contributed by atoms with E-state index in [9.17, 15) is 4.79 Å². The molecule has 0 bridgehead atoms. The molecule has 2 aromatic heterocycles. The number of halogens is 1. The molecule has 2 aliphatic heterocycles. The molecular formula is C26H30ClN5O3. The number of rotatable bonds is 7. The second-order valence-electron chi connectivity index (χ2n) is 8.92. The van der Waals surface area contributed by atoms with Gasteiger partial charge in [-0.2, -0.15) is 0 Å². The second-order valence-corrected chi connectivity index (χ2v) is 9.32. The summed E-state index contributed by atoms with van der Waals surface area (Å²) in [4.78, 5) is 23.0. The molecule has 1 amide bonds. The van der Waals surface area contributed by atoms with Gasteiger partial charge in [-0.3, -0.25) is 9.78 Å². The third-order valence-electron chi connectivity index (χ3n) is 6.52. The first-order chi connectivity index (χ1) is 17.0. The summed E-state index contributed by atoms with van der Waals surface area (Å²) in [6.07, 6.45) is 4.90. The number of H-pyrrole nitrogens is 1. The normalized spacial score (nSPS) is 18.1. The Morgan fingerprint density at radius 1 is 1.34 bits per heavy atom. The van der Waals surface area contributed by atoms with Gasteiger partial charge >= 0.3 is 0 Å². The van der Waals surface area contributed by atoms with Gasteiger partial charge in [0.05, 0.1) is 29.7 Å². The maximum absolute atomic E-state index is 12.9. The standard InChI is InChI=1S/C26H30ClN5O3/c1-3-17-19(27)5-4-6-20(17)30-25-23-21(8-10-29-26(23)33)31-24(25)18-7-9-28-13-22(18)35-15-16-14-32(2)11-12-34-16/h4-7,9,13,16,30-31H,3,8,10-12,14-15H2,1-2H3,(H,29,33). The zero-order valence-corrected chi connectivity index (χ0v) is 20.7. The number of carbonyl (C=O) groups is 1. The number of likely N-dealkylation sites (N-methyl/N-ethyl adjacent to an activating group) is 1. The molecule has 5 rings (SSSR count). The molecule has 3 aromatic rings. The Morgan fingerprint density at radius 2 is 2.23 bits per heavy atom. The summed E-state index contributed by atoms with van der Waals surface area (Å²) in [7, 11) is 2.08. The van der Waals surface area contributed by atoms with Crippen LogP contribution in [0.5, 0.6) is 5.75 Å². The van der Waals surface area contributed by atoms with Crippen LogP contribution < -0.4 is 15.4 Å². The quantitative estimate of drug-likeness (QED) is 0.458. The van der Waals surface area contributed by atoms with E-state index in [0.717, 1.165) is 54.1 Å². The molecule has 1 atom stereocenters. The summed E-state index contributed by atoms with van der Waals surface area (Å²) in [5.74, 6) is 0.527. The lowest BCUT2D eigenvalue weighted by Crippen LogP contribution is -2.42. The molecule has 2 aliphatic rings. The Labute approximate surface area is 210 Å². The maximum atomic E-state index is 12.9. The third kappa shape index (κ3) is 4.87. The number of aromatic nitrogens is 2. The second kappa shape index (κ2) is 10.3. The minimum absolute atomic E-state index is 0.0133. The molecule has 1 unspecified atom stereocenters. The molecule has 35 heavy (non-hydrogen) atoms. The highest BCUT2D eigenvalue weighted by Crippen LogP contribution is 2.41. The van der Waals surface area contributed by atoms with Gasteiger partial charge in [-0.05, 0) is 37.2 Å². The van der Waals surface area contributed by atoms with Gasteiger partial charge in [0.25, 0.3) is 5.91 Å². The first-order valence-electron chi connectivity index (χ1n) is 12.0. The number of pyridine rings is 1.